The number of rotatable bonds is 7. The van der Waals surface area contributed by atoms with Crippen LogP contribution in [0, 0.1) is 35.0 Å². The molecule has 0 unspecified atom stereocenters. The van der Waals surface area contributed by atoms with E-state index in [2.05, 4.69) is 13.8 Å². The Hall–Kier alpha value is -0.530. The largest absolute Gasteiger partial charge is 0.481 e. The van der Waals surface area contributed by atoms with Crippen molar-refractivity contribution in [3.63, 3.8) is 0 Å². The van der Waals surface area contributed by atoms with Crippen LogP contribution in [0.15, 0.2) is 0 Å². The van der Waals surface area contributed by atoms with Crippen molar-refractivity contribution in [1.82, 2.24) is 0 Å². The van der Waals surface area contributed by atoms with E-state index < -0.39 is 5.97 Å². The number of carboxylic acids is 1. The zero-order chi connectivity index (χ0) is 19.3. The summed E-state index contributed by atoms with van der Waals surface area (Å²) in [6, 6.07) is 0. The SMILES string of the molecule is CCCC1CCC(C2(C3CCC(C(=O)O)CC3)CCC(CCC)CC2)CC1. The highest BCUT2D eigenvalue weighted by atomic mass is 16.4. The second-order valence-electron chi connectivity index (χ2n) is 10.4. The Morgan fingerprint density at radius 1 is 0.741 bits per heavy atom. The van der Waals surface area contributed by atoms with Crippen LogP contribution in [-0.4, -0.2) is 11.1 Å². The topological polar surface area (TPSA) is 37.3 Å². The van der Waals surface area contributed by atoms with Gasteiger partial charge in [-0.2, -0.15) is 0 Å². The second-order valence-corrected chi connectivity index (χ2v) is 10.4. The maximum atomic E-state index is 11.4. The summed E-state index contributed by atoms with van der Waals surface area (Å²) in [5, 5.41) is 9.42. The minimum absolute atomic E-state index is 0.0602. The lowest BCUT2D eigenvalue weighted by Gasteiger charge is -2.54. The number of aliphatic carboxylic acids is 1. The van der Waals surface area contributed by atoms with E-state index in [-0.39, 0.29) is 5.92 Å². The van der Waals surface area contributed by atoms with Crippen LogP contribution in [0.2, 0.25) is 0 Å². The Labute approximate surface area is 167 Å². The lowest BCUT2D eigenvalue weighted by molar-refractivity contribution is -0.144. The van der Waals surface area contributed by atoms with Crippen LogP contribution in [0.5, 0.6) is 0 Å². The first-order valence-corrected chi connectivity index (χ1v) is 12.3. The quantitative estimate of drug-likeness (QED) is 0.500. The summed E-state index contributed by atoms with van der Waals surface area (Å²) in [6.45, 7) is 4.67. The van der Waals surface area contributed by atoms with Crippen molar-refractivity contribution < 1.29 is 9.90 Å². The van der Waals surface area contributed by atoms with Crippen LogP contribution in [0.25, 0.3) is 0 Å². The molecule has 2 heteroatoms. The predicted octanol–water partition coefficient (Wildman–Crippen LogP) is 7.46. The van der Waals surface area contributed by atoms with Crippen molar-refractivity contribution >= 4 is 5.97 Å². The first-order valence-electron chi connectivity index (χ1n) is 12.3. The van der Waals surface area contributed by atoms with E-state index in [9.17, 15) is 9.90 Å². The van der Waals surface area contributed by atoms with Crippen LogP contribution in [0.4, 0.5) is 0 Å². The molecule has 1 N–H and O–H groups in total. The van der Waals surface area contributed by atoms with E-state index in [0.29, 0.717) is 5.41 Å². The third-order valence-corrected chi connectivity index (χ3v) is 8.98. The third kappa shape index (κ3) is 4.91. The third-order valence-electron chi connectivity index (χ3n) is 8.98. The molecular formula is C25H44O2. The smallest absolute Gasteiger partial charge is 0.306 e. The van der Waals surface area contributed by atoms with E-state index in [0.717, 1.165) is 36.5 Å². The van der Waals surface area contributed by atoms with E-state index in [1.165, 1.54) is 89.9 Å². The average molecular weight is 377 g/mol. The molecule has 3 aliphatic rings. The fourth-order valence-corrected chi connectivity index (χ4v) is 7.41. The maximum absolute atomic E-state index is 11.4. The average Bonchev–Trinajstić information content (AvgIpc) is 2.70. The number of carboxylic acid groups (broad SMARTS) is 1. The number of hydrogen-bond donors (Lipinski definition) is 1. The minimum Gasteiger partial charge on any atom is -0.481 e. The number of hydrogen-bond acceptors (Lipinski definition) is 1. The van der Waals surface area contributed by atoms with Gasteiger partial charge in [0.15, 0.2) is 0 Å². The van der Waals surface area contributed by atoms with Gasteiger partial charge in [0, 0.05) is 0 Å². The molecule has 0 aromatic carbocycles. The van der Waals surface area contributed by atoms with Crippen molar-refractivity contribution in [2.45, 2.75) is 117 Å². The zero-order valence-electron chi connectivity index (χ0n) is 18.1. The van der Waals surface area contributed by atoms with E-state index in [4.69, 9.17) is 0 Å². The zero-order valence-corrected chi connectivity index (χ0v) is 18.1. The molecule has 0 aliphatic heterocycles. The van der Waals surface area contributed by atoms with Gasteiger partial charge in [0.2, 0.25) is 0 Å². The highest BCUT2D eigenvalue weighted by Gasteiger charge is 2.48. The van der Waals surface area contributed by atoms with Crippen LogP contribution in [-0.2, 0) is 4.79 Å². The minimum atomic E-state index is -0.547. The lowest BCUT2D eigenvalue weighted by Crippen LogP contribution is -2.44. The lowest BCUT2D eigenvalue weighted by atomic mass is 9.51. The van der Waals surface area contributed by atoms with Gasteiger partial charge in [-0.25, -0.2) is 0 Å². The molecule has 3 aliphatic carbocycles. The molecule has 0 atom stereocenters. The summed E-state index contributed by atoms with van der Waals surface area (Å²) in [4.78, 5) is 11.4. The summed E-state index contributed by atoms with van der Waals surface area (Å²) >= 11 is 0. The van der Waals surface area contributed by atoms with E-state index >= 15 is 0 Å². The highest BCUT2D eigenvalue weighted by Crippen LogP contribution is 2.58. The fourth-order valence-electron chi connectivity index (χ4n) is 7.41. The molecule has 0 bridgehead atoms. The van der Waals surface area contributed by atoms with Crippen LogP contribution in [0.3, 0.4) is 0 Å². The molecule has 2 nitrogen and oxygen atoms in total. The first kappa shape index (κ1) is 21.2. The van der Waals surface area contributed by atoms with Crippen molar-refractivity contribution in [3.05, 3.63) is 0 Å². The first-order chi connectivity index (χ1) is 13.1. The van der Waals surface area contributed by atoms with Gasteiger partial charge in [-0.3, -0.25) is 4.79 Å². The van der Waals surface area contributed by atoms with E-state index in [1.807, 2.05) is 0 Å². The molecule has 0 aromatic rings. The maximum Gasteiger partial charge on any atom is 0.306 e. The fraction of sp³-hybridized carbons (Fsp3) is 0.960. The molecule has 3 fully saturated rings. The Morgan fingerprint density at radius 3 is 1.63 bits per heavy atom. The monoisotopic (exact) mass is 376 g/mol. The summed E-state index contributed by atoms with van der Waals surface area (Å²) < 4.78 is 0. The van der Waals surface area contributed by atoms with Crippen LogP contribution in [0.1, 0.15) is 117 Å². The molecule has 156 valence electrons. The molecule has 3 rings (SSSR count). The van der Waals surface area contributed by atoms with Gasteiger partial charge in [0.05, 0.1) is 5.92 Å². The second kappa shape index (κ2) is 9.79. The van der Waals surface area contributed by atoms with Crippen molar-refractivity contribution in [2.24, 2.45) is 35.0 Å². The Bertz CT molecular complexity index is 447. The molecule has 0 amide bonds. The molecule has 0 saturated heterocycles. The van der Waals surface area contributed by atoms with Gasteiger partial charge in [0.1, 0.15) is 0 Å². The van der Waals surface area contributed by atoms with E-state index in [1.54, 1.807) is 0 Å². The summed E-state index contributed by atoms with van der Waals surface area (Å²) in [5.74, 6) is 3.09. The normalized spacial score (nSPS) is 40.6. The Kier molecular flexibility index (Phi) is 7.68. The molecule has 0 aromatic heterocycles. The van der Waals surface area contributed by atoms with Gasteiger partial charge in [-0.15, -0.1) is 0 Å². The van der Waals surface area contributed by atoms with Crippen molar-refractivity contribution in [3.8, 4) is 0 Å². The van der Waals surface area contributed by atoms with Crippen molar-refractivity contribution in [1.29, 1.82) is 0 Å². The molecular weight excluding hydrogens is 332 g/mol. The van der Waals surface area contributed by atoms with Gasteiger partial charge < -0.3 is 5.11 Å². The molecule has 0 spiro atoms. The van der Waals surface area contributed by atoms with Gasteiger partial charge in [0.25, 0.3) is 0 Å². The Balaban J connectivity index is 1.68. The van der Waals surface area contributed by atoms with Crippen LogP contribution < -0.4 is 0 Å². The molecule has 0 heterocycles. The molecule has 3 saturated carbocycles. The van der Waals surface area contributed by atoms with Crippen molar-refractivity contribution in [2.75, 3.05) is 0 Å². The van der Waals surface area contributed by atoms with Gasteiger partial charge in [-0.1, -0.05) is 52.4 Å². The summed E-state index contributed by atoms with van der Waals surface area (Å²) in [6.07, 6.45) is 21.4. The standard InChI is InChI=1S/C25H44O2/c1-3-5-19-7-11-22(12-8-19)25(17-15-20(6-4-2)16-18-25)23-13-9-21(10-14-23)24(26)27/h19-23H,3-18H2,1-2H3,(H,26,27). The molecule has 27 heavy (non-hydrogen) atoms. The highest BCUT2D eigenvalue weighted by molar-refractivity contribution is 5.70. The summed E-state index contributed by atoms with van der Waals surface area (Å²) in [7, 11) is 0. The Morgan fingerprint density at radius 2 is 1.19 bits per heavy atom. The number of carbonyl (C=O) groups is 1. The predicted molar refractivity (Wildman–Crippen MR) is 113 cm³/mol. The van der Waals surface area contributed by atoms with Gasteiger partial charge in [-0.05, 0) is 93.3 Å². The van der Waals surface area contributed by atoms with Gasteiger partial charge >= 0.3 is 5.97 Å². The molecule has 0 radical (unpaired) electrons. The van der Waals surface area contributed by atoms with Crippen LogP contribution >= 0.6 is 0 Å². The summed E-state index contributed by atoms with van der Waals surface area (Å²) in [5.41, 5.74) is 0.560.